The number of fused-ring (bicyclic) bond motifs is 1. The fourth-order valence-corrected chi connectivity index (χ4v) is 2.74. The number of rotatable bonds is 5. The topological polar surface area (TPSA) is 102 Å². The molecule has 0 radical (unpaired) electrons. The van der Waals surface area contributed by atoms with Gasteiger partial charge in [-0.15, -0.1) is 5.10 Å². The number of nitrogens with zero attached hydrogens (tertiary/aromatic N) is 1. The van der Waals surface area contributed by atoms with Crippen LogP contribution in [0.5, 0.6) is 0 Å². The number of nitrogens with two attached hydrogens (primary N) is 2. The predicted molar refractivity (Wildman–Crippen MR) is 101 cm³/mol. The molecule has 0 aliphatic heterocycles. The molecule has 0 saturated heterocycles. The van der Waals surface area contributed by atoms with Crippen molar-refractivity contribution in [2.45, 2.75) is 6.54 Å². The highest BCUT2D eigenvalue weighted by atomic mass is 79.9. The van der Waals surface area contributed by atoms with E-state index in [1.54, 1.807) is 0 Å². The molecule has 6 nitrogen and oxygen atoms in total. The number of amidine groups is 1. The van der Waals surface area contributed by atoms with E-state index in [0.29, 0.717) is 17.3 Å². The monoisotopic (exact) mass is 407 g/mol. The van der Waals surface area contributed by atoms with Crippen molar-refractivity contribution in [3.63, 3.8) is 0 Å². The molecule has 0 aliphatic carbocycles. The molecule has 1 aromatic heterocycles. The molecular formula is C16H15BrClN5O. The van der Waals surface area contributed by atoms with Crippen LogP contribution in [0.2, 0.25) is 5.02 Å². The summed E-state index contributed by atoms with van der Waals surface area (Å²) in [5.41, 5.74) is 10.7. The molecule has 8 heteroatoms. The number of hydrogen-bond donors (Lipinski definition) is 4. The Hall–Kier alpha value is -2.22. The number of hydrazone groups is 1. The molecule has 1 heterocycles. The Morgan fingerprint density at radius 1 is 1.21 bits per heavy atom. The van der Waals surface area contributed by atoms with Gasteiger partial charge in [-0.05, 0) is 51.8 Å². The van der Waals surface area contributed by atoms with Crippen LogP contribution >= 0.6 is 27.5 Å². The third kappa shape index (κ3) is 3.64. The molecule has 24 heavy (non-hydrogen) atoms. The van der Waals surface area contributed by atoms with Gasteiger partial charge in [-0.2, -0.15) is 0 Å². The average molecular weight is 409 g/mol. The van der Waals surface area contributed by atoms with Gasteiger partial charge in [0.25, 0.3) is 0 Å². The van der Waals surface area contributed by atoms with Crippen molar-refractivity contribution in [1.29, 1.82) is 0 Å². The van der Waals surface area contributed by atoms with E-state index in [2.05, 4.69) is 31.9 Å². The van der Waals surface area contributed by atoms with Crippen LogP contribution < -0.4 is 22.4 Å². The van der Waals surface area contributed by atoms with Crippen molar-refractivity contribution in [1.82, 2.24) is 5.53 Å². The molecule has 3 rings (SSSR count). The third-order valence-corrected chi connectivity index (χ3v) is 4.65. The molecule has 0 amide bonds. The highest BCUT2D eigenvalue weighted by Crippen LogP contribution is 2.26. The van der Waals surface area contributed by atoms with E-state index in [-0.39, 0.29) is 5.84 Å². The van der Waals surface area contributed by atoms with Crippen molar-refractivity contribution in [3.8, 4) is 0 Å². The summed E-state index contributed by atoms with van der Waals surface area (Å²) in [6.07, 6.45) is 0. The molecule has 0 bridgehead atoms. The molecule has 124 valence electrons. The van der Waals surface area contributed by atoms with E-state index < -0.39 is 0 Å². The zero-order valence-electron chi connectivity index (χ0n) is 12.5. The van der Waals surface area contributed by atoms with Crippen LogP contribution in [0.1, 0.15) is 11.3 Å². The minimum atomic E-state index is 0.194. The molecule has 3 aromatic rings. The molecule has 6 N–H and O–H groups in total. The minimum absolute atomic E-state index is 0.194. The van der Waals surface area contributed by atoms with Crippen LogP contribution in [0, 0.1) is 0 Å². The molecule has 2 aromatic carbocycles. The van der Waals surface area contributed by atoms with Crippen LogP contribution in [0.4, 0.5) is 5.69 Å². The van der Waals surface area contributed by atoms with Gasteiger partial charge in [0.05, 0.1) is 5.02 Å². The predicted octanol–water partition coefficient (Wildman–Crippen LogP) is 3.54. The number of benzene rings is 2. The largest absolute Gasteiger partial charge is 0.453 e. The highest BCUT2D eigenvalue weighted by Gasteiger charge is 2.08. The summed E-state index contributed by atoms with van der Waals surface area (Å²) in [4.78, 5) is 0. The molecular weight excluding hydrogens is 394 g/mol. The van der Waals surface area contributed by atoms with E-state index in [0.717, 1.165) is 26.7 Å². The Morgan fingerprint density at radius 2 is 2.04 bits per heavy atom. The molecule has 0 atom stereocenters. The second-order valence-electron chi connectivity index (χ2n) is 5.09. The van der Waals surface area contributed by atoms with Gasteiger partial charge in [0.1, 0.15) is 5.58 Å². The van der Waals surface area contributed by atoms with E-state index in [9.17, 15) is 0 Å². The van der Waals surface area contributed by atoms with Gasteiger partial charge >= 0.3 is 0 Å². The number of hydrazine groups is 1. The zero-order chi connectivity index (χ0) is 17.1. The Labute approximate surface area is 151 Å². The van der Waals surface area contributed by atoms with E-state index >= 15 is 0 Å². The Bertz CT molecular complexity index is 909. The quantitative estimate of drug-likeness (QED) is 0.224. The van der Waals surface area contributed by atoms with Crippen molar-refractivity contribution in [2.24, 2.45) is 16.7 Å². The standard InChI is InChI=1S/C16H15BrClN5O/c17-12-7-11(3-4-13(12)18)21-8-9-1-2-10-6-15(16(19)22-23-20)24-14(10)5-9/h1-7,21,23H,8,20H2,(H2,19,22). The first-order valence-corrected chi connectivity index (χ1v) is 8.24. The first-order chi connectivity index (χ1) is 11.6. The van der Waals surface area contributed by atoms with Crippen LogP contribution in [0.15, 0.2) is 56.5 Å². The lowest BCUT2D eigenvalue weighted by atomic mass is 10.1. The first kappa shape index (κ1) is 16.6. The fourth-order valence-electron chi connectivity index (χ4n) is 2.25. The van der Waals surface area contributed by atoms with Gasteiger partial charge in [-0.1, -0.05) is 23.7 Å². The molecule has 0 spiro atoms. The van der Waals surface area contributed by atoms with Crippen LogP contribution in [-0.2, 0) is 6.54 Å². The van der Waals surface area contributed by atoms with Crippen LogP contribution in [0.3, 0.4) is 0 Å². The van der Waals surface area contributed by atoms with Crippen molar-refractivity contribution in [2.75, 3.05) is 5.32 Å². The lowest BCUT2D eigenvalue weighted by Crippen LogP contribution is -2.22. The number of halogens is 2. The number of anilines is 1. The SMILES string of the molecule is NN/N=C(\N)c1cc2ccc(CNc3ccc(Cl)c(Br)c3)cc2o1. The second kappa shape index (κ2) is 7.12. The van der Waals surface area contributed by atoms with Gasteiger partial charge in [0.2, 0.25) is 0 Å². The zero-order valence-corrected chi connectivity index (χ0v) is 14.9. The van der Waals surface area contributed by atoms with Gasteiger partial charge in [-0.25, -0.2) is 11.4 Å². The maximum Gasteiger partial charge on any atom is 0.188 e. The average Bonchev–Trinajstić information content (AvgIpc) is 2.99. The van der Waals surface area contributed by atoms with Crippen molar-refractivity contribution >= 4 is 50.0 Å². The van der Waals surface area contributed by atoms with Gasteiger partial charge in [0, 0.05) is 22.1 Å². The maximum absolute atomic E-state index is 5.99. The first-order valence-electron chi connectivity index (χ1n) is 7.07. The van der Waals surface area contributed by atoms with E-state index in [1.165, 1.54) is 0 Å². The maximum atomic E-state index is 5.99. The minimum Gasteiger partial charge on any atom is -0.453 e. The lowest BCUT2D eigenvalue weighted by Gasteiger charge is -2.07. The summed E-state index contributed by atoms with van der Waals surface area (Å²) in [7, 11) is 0. The summed E-state index contributed by atoms with van der Waals surface area (Å²) < 4.78 is 6.56. The lowest BCUT2D eigenvalue weighted by molar-refractivity contribution is 0.601. The summed E-state index contributed by atoms with van der Waals surface area (Å²) in [6.45, 7) is 0.647. The Kier molecular flexibility index (Phi) is 4.94. The highest BCUT2D eigenvalue weighted by molar-refractivity contribution is 9.10. The number of nitrogens with one attached hydrogen (secondary N) is 2. The van der Waals surface area contributed by atoms with Gasteiger partial charge in [-0.3, -0.25) is 0 Å². The fraction of sp³-hybridized carbons (Fsp3) is 0.0625. The molecule has 0 unspecified atom stereocenters. The van der Waals surface area contributed by atoms with E-state index in [1.807, 2.05) is 42.5 Å². The van der Waals surface area contributed by atoms with Gasteiger partial charge < -0.3 is 15.5 Å². The smallest absolute Gasteiger partial charge is 0.188 e. The third-order valence-electron chi connectivity index (χ3n) is 3.44. The summed E-state index contributed by atoms with van der Waals surface area (Å²) in [5, 5.41) is 8.66. The number of hydrogen-bond acceptors (Lipinski definition) is 5. The summed E-state index contributed by atoms with van der Waals surface area (Å²) in [5.74, 6) is 5.78. The van der Waals surface area contributed by atoms with Crippen molar-refractivity contribution < 1.29 is 4.42 Å². The molecule has 0 saturated carbocycles. The van der Waals surface area contributed by atoms with Crippen molar-refractivity contribution in [3.05, 3.63) is 63.3 Å². The second-order valence-corrected chi connectivity index (χ2v) is 6.35. The Morgan fingerprint density at radius 3 is 2.79 bits per heavy atom. The summed E-state index contributed by atoms with van der Waals surface area (Å²) in [6, 6.07) is 13.5. The molecule has 0 fully saturated rings. The van der Waals surface area contributed by atoms with E-state index in [4.69, 9.17) is 27.6 Å². The van der Waals surface area contributed by atoms with Gasteiger partial charge in [0.15, 0.2) is 11.6 Å². The molecule has 0 aliphatic rings. The summed E-state index contributed by atoms with van der Waals surface area (Å²) >= 11 is 9.40. The Balaban J connectivity index is 1.77. The normalized spacial score (nSPS) is 11.7. The van der Waals surface area contributed by atoms with Crippen LogP contribution in [0.25, 0.3) is 11.0 Å². The van der Waals surface area contributed by atoms with Crippen LogP contribution in [-0.4, -0.2) is 5.84 Å². The number of furan rings is 1.